The van der Waals surface area contributed by atoms with Crippen LogP contribution in [0.3, 0.4) is 0 Å². The first-order valence-electron chi connectivity index (χ1n) is 3.39. The number of nitrogens with zero attached hydrogens (tertiary/aromatic N) is 2. The molecule has 0 bridgehead atoms. The molecule has 0 radical (unpaired) electrons. The average molecular weight is 264 g/mol. The van der Waals surface area contributed by atoms with E-state index in [4.69, 9.17) is 0 Å². The van der Waals surface area contributed by atoms with E-state index in [9.17, 15) is 4.79 Å². The van der Waals surface area contributed by atoms with E-state index >= 15 is 0 Å². The summed E-state index contributed by atoms with van der Waals surface area (Å²) in [5.74, 6) is 0.0775. The van der Waals surface area contributed by atoms with E-state index in [1.165, 1.54) is 0 Å². The molecule has 0 N–H and O–H groups in total. The molecule has 0 aliphatic rings. The first kappa shape index (κ1) is 8.70. The van der Waals surface area contributed by atoms with Crippen LogP contribution in [0.1, 0.15) is 24.3 Å². The monoisotopic (exact) mass is 264 g/mol. The topological polar surface area (TPSA) is 34.9 Å². The van der Waals surface area contributed by atoms with Crippen molar-refractivity contribution in [2.45, 2.75) is 20.4 Å². The van der Waals surface area contributed by atoms with Gasteiger partial charge in [-0.05, 0) is 29.5 Å². The first-order chi connectivity index (χ1) is 5.16. The highest BCUT2D eigenvalue weighted by atomic mass is 127. The molecule has 4 heteroatoms. The van der Waals surface area contributed by atoms with Crippen molar-refractivity contribution >= 4 is 28.4 Å². The Labute approximate surface area is 78.9 Å². The van der Waals surface area contributed by atoms with Gasteiger partial charge in [-0.15, -0.1) is 0 Å². The molecule has 1 aromatic heterocycles. The minimum Gasteiger partial charge on any atom is -0.293 e. The summed E-state index contributed by atoms with van der Waals surface area (Å²) >= 11 is 2.12. The number of Topliss-reactive ketones (excluding diaryl/α,β-unsaturated/α-hetero) is 1. The van der Waals surface area contributed by atoms with Gasteiger partial charge in [-0.1, -0.05) is 0 Å². The van der Waals surface area contributed by atoms with Crippen molar-refractivity contribution in [3.63, 3.8) is 0 Å². The molecule has 1 rings (SSSR count). The Hall–Kier alpha value is -0.390. The van der Waals surface area contributed by atoms with Gasteiger partial charge in [-0.2, -0.15) is 5.10 Å². The molecule has 0 amide bonds. The van der Waals surface area contributed by atoms with Crippen LogP contribution in [0.15, 0.2) is 6.20 Å². The molecule has 0 fully saturated rings. The molecule has 3 nitrogen and oxygen atoms in total. The van der Waals surface area contributed by atoms with E-state index in [2.05, 4.69) is 27.7 Å². The number of aryl methyl sites for hydroxylation is 1. The molecular formula is C7H9IN2O. The van der Waals surface area contributed by atoms with E-state index in [1.807, 2.05) is 6.92 Å². The number of rotatable bonds is 2. The molecule has 0 spiro atoms. The van der Waals surface area contributed by atoms with Gasteiger partial charge in [0.05, 0.1) is 9.77 Å². The highest BCUT2D eigenvalue weighted by Crippen LogP contribution is 2.11. The van der Waals surface area contributed by atoms with Crippen molar-refractivity contribution < 1.29 is 4.79 Å². The zero-order valence-electron chi connectivity index (χ0n) is 6.47. The number of ketones is 1. The van der Waals surface area contributed by atoms with Gasteiger partial charge in [0.25, 0.3) is 0 Å². The van der Waals surface area contributed by atoms with Crippen LogP contribution in [0.5, 0.6) is 0 Å². The van der Waals surface area contributed by atoms with Crippen molar-refractivity contribution in [3.8, 4) is 0 Å². The molecule has 11 heavy (non-hydrogen) atoms. The third kappa shape index (κ3) is 1.61. The van der Waals surface area contributed by atoms with E-state index < -0.39 is 0 Å². The minimum atomic E-state index is 0.0775. The van der Waals surface area contributed by atoms with Crippen LogP contribution in [0.2, 0.25) is 0 Å². The highest BCUT2D eigenvalue weighted by molar-refractivity contribution is 14.1. The van der Waals surface area contributed by atoms with Crippen LogP contribution < -0.4 is 0 Å². The van der Waals surface area contributed by atoms with Gasteiger partial charge < -0.3 is 0 Å². The predicted molar refractivity (Wildman–Crippen MR) is 50.6 cm³/mol. The van der Waals surface area contributed by atoms with Crippen LogP contribution in [0.25, 0.3) is 0 Å². The maximum Gasteiger partial charge on any atom is 0.178 e. The summed E-state index contributed by atoms with van der Waals surface area (Å²) in [7, 11) is 0. The Kier molecular flexibility index (Phi) is 2.64. The molecule has 1 heterocycles. The van der Waals surface area contributed by atoms with Crippen molar-refractivity contribution in [1.29, 1.82) is 0 Å². The van der Waals surface area contributed by atoms with Crippen molar-refractivity contribution in [3.05, 3.63) is 15.5 Å². The van der Waals surface area contributed by atoms with E-state index in [-0.39, 0.29) is 5.78 Å². The fourth-order valence-corrected chi connectivity index (χ4v) is 1.74. The van der Waals surface area contributed by atoms with Crippen LogP contribution in [-0.2, 0) is 6.54 Å². The number of carbonyl (C=O) groups is 1. The zero-order chi connectivity index (χ0) is 8.43. The van der Waals surface area contributed by atoms with Crippen LogP contribution in [-0.4, -0.2) is 15.6 Å². The lowest BCUT2D eigenvalue weighted by Crippen LogP contribution is -2.07. The van der Waals surface area contributed by atoms with Crippen molar-refractivity contribution in [2.24, 2.45) is 0 Å². The predicted octanol–water partition coefficient (Wildman–Crippen LogP) is 1.71. The lowest BCUT2D eigenvalue weighted by Gasteiger charge is -1.99. The number of carbonyl (C=O) groups excluding carboxylic acids is 1. The number of halogens is 1. The van der Waals surface area contributed by atoms with Gasteiger partial charge in [0.1, 0.15) is 5.69 Å². The van der Waals surface area contributed by atoms with Gasteiger partial charge in [0.2, 0.25) is 0 Å². The SMILES string of the molecule is CCn1ncc(I)c1C(C)=O. The quantitative estimate of drug-likeness (QED) is 0.602. The summed E-state index contributed by atoms with van der Waals surface area (Å²) in [6, 6.07) is 0. The molecule has 0 aliphatic carbocycles. The summed E-state index contributed by atoms with van der Waals surface area (Å²) < 4.78 is 2.64. The Balaban J connectivity index is 3.17. The molecule has 0 aromatic carbocycles. The molecule has 0 saturated carbocycles. The highest BCUT2D eigenvalue weighted by Gasteiger charge is 2.10. The Morgan fingerprint density at radius 3 is 2.82 bits per heavy atom. The van der Waals surface area contributed by atoms with Gasteiger partial charge in [0.15, 0.2) is 5.78 Å². The smallest absolute Gasteiger partial charge is 0.178 e. The molecule has 60 valence electrons. The minimum absolute atomic E-state index is 0.0775. The fraction of sp³-hybridized carbons (Fsp3) is 0.429. The van der Waals surface area contributed by atoms with Crippen LogP contribution in [0, 0.1) is 3.57 Å². The zero-order valence-corrected chi connectivity index (χ0v) is 8.62. The Bertz CT molecular complexity index is 280. The Morgan fingerprint density at radius 1 is 1.82 bits per heavy atom. The van der Waals surface area contributed by atoms with Crippen molar-refractivity contribution in [1.82, 2.24) is 9.78 Å². The Morgan fingerprint density at radius 2 is 2.45 bits per heavy atom. The summed E-state index contributed by atoms with van der Waals surface area (Å²) in [6.45, 7) is 4.28. The average Bonchev–Trinajstić information content (AvgIpc) is 2.30. The summed E-state index contributed by atoms with van der Waals surface area (Å²) in [5, 5.41) is 4.04. The molecule has 0 saturated heterocycles. The normalized spacial score (nSPS) is 10.1. The van der Waals surface area contributed by atoms with Crippen molar-refractivity contribution in [2.75, 3.05) is 0 Å². The van der Waals surface area contributed by atoms with E-state index in [0.29, 0.717) is 5.69 Å². The first-order valence-corrected chi connectivity index (χ1v) is 4.47. The summed E-state index contributed by atoms with van der Waals surface area (Å²) in [5.41, 5.74) is 0.716. The summed E-state index contributed by atoms with van der Waals surface area (Å²) in [6.07, 6.45) is 1.71. The standard InChI is InChI=1S/C7H9IN2O/c1-3-10-7(5(2)11)6(8)4-9-10/h4H,3H2,1-2H3. The largest absolute Gasteiger partial charge is 0.293 e. The van der Waals surface area contributed by atoms with Gasteiger partial charge in [-0.25, -0.2) is 0 Å². The van der Waals surface area contributed by atoms with Crippen LogP contribution >= 0.6 is 22.6 Å². The number of hydrogen-bond donors (Lipinski definition) is 0. The molecular weight excluding hydrogens is 255 g/mol. The maximum atomic E-state index is 11.0. The van der Waals surface area contributed by atoms with E-state index in [0.717, 1.165) is 10.1 Å². The second kappa shape index (κ2) is 3.34. The third-order valence-electron chi connectivity index (χ3n) is 1.43. The molecule has 0 atom stereocenters. The lowest BCUT2D eigenvalue weighted by atomic mass is 10.3. The lowest BCUT2D eigenvalue weighted by molar-refractivity contribution is 0.100. The third-order valence-corrected chi connectivity index (χ3v) is 2.22. The maximum absolute atomic E-state index is 11.0. The number of aromatic nitrogens is 2. The fourth-order valence-electron chi connectivity index (χ4n) is 0.952. The van der Waals surface area contributed by atoms with E-state index in [1.54, 1.807) is 17.8 Å². The second-order valence-electron chi connectivity index (χ2n) is 2.21. The molecule has 1 aromatic rings. The van der Waals surface area contributed by atoms with Crippen LogP contribution in [0.4, 0.5) is 0 Å². The van der Waals surface area contributed by atoms with Gasteiger partial charge in [-0.3, -0.25) is 9.48 Å². The van der Waals surface area contributed by atoms with Gasteiger partial charge >= 0.3 is 0 Å². The summed E-state index contributed by atoms with van der Waals surface area (Å²) in [4.78, 5) is 11.0. The molecule has 0 unspecified atom stereocenters. The second-order valence-corrected chi connectivity index (χ2v) is 3.38. The van der Waals surface area contributed by atoms with Gasteiger partial charge in [0, 0.05) is 13.5 Å². The molecule has 0 aliphatic heterocycles. The number of hydrogen-bond acceptors (Lipinski definition) is 2.